The fourth-order valence-electron chi connectivity index (χ4n) is 2.31. The highest BCUT2D eigenvalue weighted by atomic mass is 16.5. The molecule has 2 rings (SSSR count). The van der Waals surface area contributed by atoms with E-state index < -0.39 is 6.10 Å². The Bertz CT molecular complexity index is 577. The molecule has 0 saturated heterocycles. The number of nitrogens with one attached hydrogen (secondary N) is 1. The molecule has 0 radical (unpaired) electrons. The third-order valence-corrected chi connectivity index (χ3v) is 3.58. The van der Waals surface area contributed by atoms with Crippen molar-refractivity contribution in [2.45, 2.75) is 25.4 Å². The van der Waals surface area contributed by atoms with Gasteiger partial charge in [0.25, 0.3) is 0 Å². The molecule has 2 unspecified atom stereocenters. The molecular weight excluding hydrogens is 282 g/mol. The van der Waals surface area contributed by atoms with Crippen molar-refractivity contribution in [3.05, 3.63) is 54.0 Å². The maximum absolute atomic E-state index is 12.3. The van der Waals surface area contributed by atoms with Gasteiger partial charge in [0.2, 0.25) is 5.91 Å². The van der Waals surface area contributed by atoms with E-state index in [1.807, 2.05) is 31.2 Å². The summed E-state index contributed by atoms with van der Waals surface area (Å²) in [7, 11) is 1.61. The topological polar surface area (TPSA) is 71.7 Å². The Morgan fingerprint density at radius 3 is 2.59 bits per heavy atom. The van der Waals surface area contributed by atoms with Gasteiger partial charge in [-0.1, -0.05) is 19.1 Å². The fraction of sp³-hybridized carbons (Fsp3) is 0.353. The van der Waals surface area contributed by atoms with Crippen LogP contribution in [0.2, 0.25) is 0 Å². The number of methoxy groups -OCH3 is 1. The minimum absolute atomic E-state index is 0.113. The normalized spacial score (nSPS) is 13.4. The van der Waals surface area contributed by atoms with E-state index >= 15 is 0 Å². The average molecular weight is 303 g/mol. The van der Waals surface area contributed by atoms with Gasteiger partial charge in [0.05, 0.1) is 25.8 Å². The van der Waals surface area contributed by atoms with E-state index in [-0.39, 0.29) is 18.4 Å². The quantitative estimate of drug-likeness (QED) is 0.825. The van der Waals surface area contributed by atoms with Crippen LogP contribution < -0.4 is 10.1 Å². The van der Waals surface area contributed by atoms with E-state index in [4.69, 9.17) is 9.15 Å². The largest absolute Gasteiger partial charge is 0.497 e. The van der Waals surface area contributed by atoms with Crippen molar-refractivity contribution in [2.24, 2.45) is 0 Å². The number of aliphatic hydroxyl groups is 1. The Hall–Kier alpha value is -2.27. The minimum Gasteiger partial charge on any atom is -0.497 e. The van der Waals surface area contributed by atoms with Crippen LogP contribution in [-0.2, 0) is 4.79 Å². The Labute approximate surface area is 129 Å². The third-order valence-electron chi connectivity index (χ3n) is 3.58. The van der Waals surface area contributed by atoms with Crippen molar-refractivity contribution < 1.29 is 19.1 Å². The molecule has 1 heterocycles. The summed E-state index contributed by atoms with van der Waals surface area (Å²) in [6.45, 7) is 2.08. The number of hydrogen-bond donors (Lipinski definition) is 2. The van der Waals surface area contributed by atoms with Crippen molar-refractivity contribution in [1.29, 1.82) is 0 Å². The zero-order valence-corrected chi connectivity index (χ0v) is 12.8. The number of benzene rings is 1. The van der Waals surface area contributed by atoms with Gasteiger partial charge in [-0.2, -0.15) is 0 Å². The van der Waals surface area contributed by atoms with Crippen molar-refractivity contribution in [2.75, 3.05) is 13.7 Å². The van der Waals surface area contributed by atoms with Crippen molar-refractivity contribution in [3.63, 3.8) is 0 Å². The number of amides is 1. The second-order valence-corrected chi connectivity index (χ2v) is 5.01. The van der Waals surface area contributed by atoms with Crippen LogP contribution in [0.25, 0.3) is 0 Å². The SMILES string of the molecule is CCC(C(=O)NCC(O)c1ccco1)c1ccc(OC)cc1. The number of hydrogen-bond acceptors (Lipinski definition) is 4. The standard InChI is InChI=1S/C17H21NO4/c1-3-14(12-6-8-13(21-2)9-7-12)17(20)18-11-15(19)16-5-4-10-22-16/h4-10,14-15,19H,3,11H2,1-2H3,(H,18,20). The number of aliphatic hydroxyl groups excluding tert-OH is 1. The van der Waals surface area contributed by atoms with Gasteiger partial charge < -0.3 is 19.6 Å². The van der Waals surface area contributed by atoms with Gasteiger partial charge in [0, 0.05) is 0 Å². The lowest BCUT2D eigenvalue weighted by atomic mass is 9.95. The lowest BCUT2D eigenvalue weighted by Gasteiger charge is -2.17. The molecule has 1 amide bonds. The van der Waals surface area contributed by atoms with Gasteiger partial charge in [-0.15, -0.1) is 0 Å². The molecule has 5 nitrogen and oxygen atoms in total. The third kappa shape index (κ3) is 3.89. The van der Waals surface area contributed by atoms with Gasteiger partial charge in [0.1, 0.15) is 17.6 Å². The fourth-order valence-corrected chi connectivity index (χ4v) is 2.31. The molecule has 1 aromatic heterocycles. The Morgan fingerprint density at radius 1 is 1.32 bits per heavy atom. The van der Waals surface area contributed by atoms with Gasteiger partial charge in [0.15, 0.2) is 0 Å². The lowest BCUT2D eigenvalue weighted by Crippen LogP contribution is -2.32. The van der Waals surface area contributed by atoms with Crippen LogP contribution in [-0.4, -0.2) is 24.7 Å². The maximum atomic E-state index is 12.3. The molecule has 2 aromatic rings. The molecule has 0 fully saturated rings. The summed E-state index contributed by atoms with van der Waals surface area (Å²) in [5.74, 6) is 0.832. The van der Waals surface area contributed by atoms with E-state index in [9.17, 15) is 9.90 Å². The molecule has 22 heavy (non-hydrogen) atoms. The van der Waals surface area contributed by atoms with Crippen molar-refractivity contribution >= 4 is 5.91 Å². The summed E-state index contributed by atoms with van der Waals surface area (Å²) in [6.07, 6.45) is 1.33. The zero-order valence-electron chi connectivity index (χ0n) is 12.8. The number of carbonyl (C=O) groups is 1. The van der Waals surface area contributed by atoms with Gasteiger partial charge in [-0.3, -0.25) is 4.79 Å². The highest BCUT2D eigenvalue weighted by Crippen LogP contribution is 2.22. The van der Waals surface area contributed by atoms with Gasteiger partial charge in [-0.25, -0.2) is 0 Å². The van der Waals surface area contributed by atoms with Gasteiger partial charge in [-0.05, 0) is 36.2 Å². The van der Waals surface area contributed by atoms with Crippen LogP contribution in [0, 0.1) is 0 Å². The minimum atomic E-state index is -0.840. The molecule has 0 spiro atoms. The summed E-state index contributed by atoms with van der Waals surface area (Å²) in [5, 5.41) is 12.7. The summed E-state index contributed by atoms with van der Waals surface area (Å²) in [4.78, 5) is 12.3. The molecular formula is C17H21NO4. The Kier molecular flexibility index (Phi) is 5.61. The average Bonchev–Trinajstić information content (AvgIpc) is 3.08. The molecule has 2 atom stereocenters. The van der Waals surface area contributed by atoms with Crippen molar-refractivity contribution in [3.8, 4) is 5.75 Å². The highest BCUT2D eigenvalue weighted by molar-refractivity contribution is 5.83. The number of rotatable bonds is 7. The molecule has 2 N–H and O–H groups in total. The molecule has 0 aliphatic carbocycles. The van der Waals surface area contributed by atoms with E-state index in [2.05, 4.69) is 5.32 Å². The molecule has 0 aliphatic rings. The zero-order chi connectivity index (χ0) is 15.9. The van der Waals surface area contributed by atoms with Crippen LogP contribution in [0.3, 0.4) is 0 Å². The Morgan fingerprint density at radius 2 is 2.05 bits per heavy atom. The van der Waals surface area contributed by atoms with Crippen LogP contribution in [0.1, 0.15) is 36.7 Å². The van der Waals surface area contributed by atoms with E-state index in [0.29, 0.717) is 12.2 Å². The van der Waals surface area contributed by atoms with E-state index in [0.717, 1.165) is 11.3 Å². The second kappa shape index (κ2) is 7.66. The van der Waals surface area contributed by atoms with Crippen LogP contribution >= 0.6 is 0 Å². The summed E-state index contributed by atoms with van der Waals surface area (Å²) >= 11 is 0. The first kappa shape index (κ1) is 16.1. The summed E-state index contributed by atoms with van der Waals surface area (Å²) in [5.41, 5.74) is 0.924. The monoisotopic (exact) mass is 303 g/mol. The summed E-state index contributed by atoms with van der Waals surface area (Å²) < 4.78 is 10.2. The van der Waals surface area contributed by atoms with E-state index in [1.165, 1.54) is 6.26 Å². The molecule has 0 saturated carbocycles. The lowest BCUT2D eigenvalue weighted by molar-refractivity contribution is -0.123. The van der Waals surface area contributed by atoms with Crippen molar-refractivity contribution in [1.82, 2.24) is 5.32 Å². The predicted molar refractivity (Wildman–Crippen MR) is 82.7 cm³/mol. The van der Waals surface area contributed by atoms with Gasteiger partial charge >= 0.3 is 0 Å². The predicted octanol–water partition coefficient (Wildman–Crippen LogP) is 2.63. The smallest absolute Gasteiger partial charge is 0.227 e. The first-order valence-electron chi connectivity index (χ1n) is 7.28. The van der Waals surface area contributed by atoms with E-state index in [1.54, 1.807) is 19.2 Å². The first-order chi connectivity index (χ1) is 10.7. The number of carbonyl (C=O) groups excluding carboxylic acids is 1. The Balaban J connectivity index is 1.96. The maximum Gasteiger partial charge on any atom is 0.227 e. The first-order valence-corrected chi connectivity index (χ1v) is 7.28. The number of ether oxygens (including phenoxy) is 1. The van der Waals surface area contributed by atoms with Crippen LogP contribution in [0.5, 0.6) is 5.75 Å². The van der Waals surface area contributed by atoms with Crippen LogP contribution in [0.4, 0.5) is 0 Å². The molecule has 1 aromatic carbocycles. The molecule has 0 aliphatic heterocycles. The molecule has 5 heteroatoms. The number of furan rings is 1. The summed E-state index contributed by atoms with van der Waals surface area (Å²) in [6, 6.07) is 10.8. The van der Waals surface area contributed by atoms with Crippen LogP contribution in [0.15, 0.2) is 47.1 Å². The second-order valence-electron chi connectivity index (χ2n) is 5.01. The molecule has 118 valence electrons. The molecule has 0 bridgehead atoms. The highest BCUT2D eigenvalue weighted by Gasteiger charge is 2.20.